The van der Waals surface area contributed by atoms with Crippen LogP contribution in [0.25, 0.3) is 0 Å². The van der Waals surface area contributed by atoms with E-state index in [9.17, 15) is 8.78 Å². The molecular formula is C15H15F2NS. The Morgan fingerprint density at radius 2 is 1.68 bits per heavy atom. The van der Waals surface area contributed by atoms with E-state index in [1.165, 1.54) is 29.0 Å². The Morgan fingerprint density at radius 3 is 2.32 bits per heavy atom. The monoisotopic (exact) mass is 279 g/mol. The summed E-state index contributed by atoms with van der Waals surface area (Å²) in [6.07, 6.45) is 0. The second kappa shape index (κ2) is 6.17. The first-order valence-electron chi connectivity index (χ1n) is 5.97. The maximum atomic E-state index is 13.1. The molecule has 0 spiro atoms. The molecule has 2 aromatic carbocycles. The van der Waals surface area contributed by atoms with Crippen LogP contribution in [0, 0.1) is 18.6 Å². The van der Waals surface area contributed by atoms with Crippen molar-refractivity contribution >= 4 is 11.8 Å². The average Bonchev–Trinajstić information content (AvgIpc) is 2.37. The van der Waals surface area contributed by atoms with E-state index in [-0.39, 0.29) is 0 Å². The van der Waals surface area contributed by atoms with Gasteiger partial charge in [0.15, 0.2) is 11.6 Å². The molecule has 100 valence electrons. The van der Waals surface area contributed by atoms with Crippen molar-refractivity contribution < 1.29 is 8.78 Å². The zero-order chi connectivity index (χ0) is 13.8. The number of aryl methyl sites for hydroxylation is 1. The van der Waals surface area contributed by atoms with E-state index >= 15 is 0 Å². The molecule has 2 rings (SSSR count). The highest BCUT2D eigenvalue weighted by Gasteiger charge is 2.05. The van der Waals surface area contributed by atoms with Gasteiger partial charge in [0.25, 0.3) is 0 Å². The third-order valence-electron chi connectivity index (χ3n) is 2.81. The van der Waals surface area contributed by atoms with Crippen LogP contribution in [-0.4, -0.2) is 7.05 Å². The number of benzene rings is 2. The summed E-state index contributed by atoms with van der Waals surface area (Å²) in [5.41, 5.74) is 2.42. The minimum absolute atomic E-state index is 0.694. The van der Waals surface area contributed by atoms with E-state index in [0.29, 0.717) is 4.90 Å². The molecule has 1 nitrogen and oxygen atoms in total. The lowest BCUT2D eigenvalue weighted by Gasteiger charge is -2.08. The van der Waals surface area contributed by atoms with Gasteiger partial charge < -0.3 is 5.32 Å². The summed E-state index contributed by atoms with van der Waals surface area (Å²) in [5.74, 6) is -1.63. The van der Waals surface area contributed by atoms with E-state index in [2.05, 4.69) is 11.4 Å². The molecule has 0 bridgehead atoms. The standard InChI is InChI=1S/C15H15F2NS/c1-10-7-12(4-3-11(10)9-18-2)19-13-5-6-14(16)15(17)8-13/h3-8,18H,9H2,1-2H3. The molecule has 0 aliphatic rings. The summed E-state index contributed by atoms with van der Waals surface area (Å²) in [6, 6.07) is 10.1. The fourth-order valence-corrected chi connectivity index (χ4v) is 2.74. The molecule has 0 aliphatic carbocycles. The Morgan fingerprint density at radius 1 is 1.00 bits per heavy atom. The second-order valence-corrected chi connectivity index (χ2v) is 5.44. The van der Waals surface area contributed by atoms with Gasteiger partial charge in [-0.1, -0.05) is 17.8 Å². The first-order valence-corrected chi connectivity index (χ1v) is 6.79. The highest BCUT2D eigenvalue weighted by Crippen LogP contribution is 2.30. The SMILES string of the molecule is CNCc1ccc(Sc2ccc(F)c(F)c2)cc1C. The number of nitrogens with one attached hydrogen (secondary N) is 1. The van der Waals surface area contributed by atoms with Gasteiger partial charge in [0.05, 0.1) is 0 Å². The molecule has 1 N–H and O–H groups in total. The predicted molar refractivity (Wildman–Crippen MR) is 74.4 cm³/mol. The predicted octanol–water partition coefficient (Wildman–Crippen LogP) is 4.14. The van der Waals surface area contributed by atoms with E-state index < -0.39 is 11.6 Å². The van der Waals surface area contributed by atoms with Gasteiger partial charge in [0.2, 0.25) is 0 Å². The van der Waals surface area contributed by atoms with Gasteiger partial charge in [-0.25, -0.2) is 8.78 Å². The second-order valence-electron chi connectivity index (χ2n) is 4.30. The maximum absolute atomic E-state index is 13.1. The topological polar surface area (TPSA) is 12.0 Å². The van der Waals surface area contributed by atoms with Crippen molar-refractivity contribution in [3.63, 3.8) is 0 Å². The highest BCUT2D eigenvalue weighted by atomic mass is 32.2. The van der Waals surface area contributed by atoms with Crippen molar-refractivity contribution in [2.75, 3.05) is 7.05 Å². The molecule has 19 heavy (non-hydrogen) atoms. The van der Waals surface area contributed by atoms with Gasteiger partial charge in [-0.3, -0.25) is 0 Å². The number of rotatable bonds is 4. The van der Waals surface area contributed by atoms with Crippen LogP contribution in [0.5, 0.6) is 0 Å². The summed E-state index contributed by atoms with van der Waals surface area (Å²) < 4.78 is 26.0. The fourth-order valence-electron chi connectivity index (χ4n) is 1.80. The van der Waals surface area contributed by atoms with E-state index in [4.69, 9.17) is 0 Å². The Labute approximate surface area is 116 Å². The van der Waals surface area contributed by atoms with E-state index in [1.807, 2.05) is 26.1 Å². The van der Waals surface area contributed by atoms with Crippen LogP contribution >= 0.6 is 11.8 Å². The molecule has 0 saturated carbocycles. The summed E-state index contributed by atoms with van der Waals surface area (Å²) in [5, 5.41) is 3.11. The van der Waals surface area contributed by atoms with Crippen LogP contribution in [-0.2, 0) is 6.54 Å². The van der Waals surface area contributed by atoms with Crippen molar-refractivity contribution in [2.45, 2.75) is 23.3 Å². The molecule has 0 radical (unpaired) electrons. The molecule has 0 heterocycles. The Bertz CT molecular complexity index is 584. The third kappa shape index (κ3) is 3.55. The maximum Gasteiger partial charge on any atom is 0.159 e. The van der Waals surface area contributed by atoms with Crippen LogP contribution in [0.4, 0.5) is 8.78 Å². The quantitative estimate of drug-likeness (QED) is 0.902. The molecule has 0 aliphatic heterocycles. The zero-order valence-electron chi connectivity index (χ0n) is 10.8. The van der Waals surface area contributed by atoms with Crippen molar-refractivity contribution in [1.29, 1.82) is 0 Å². The molecule has 0 fully saturated rings. The minimum Gasteiger partial charge on any atom is -0.316 e. The van der Waals surface area contributed by atoms with Crippen molar-refractivity contribution in [3.05, 3.63) is 59.2 Å². The summed E-state index contributed by atoms with van der Waals surface area (Å²) in [7, 11) is 1.91. The number of hydrogen-bond donors (Lipinski definition) is 1. The van der Waals surface area contributed by atoms with Crippen LogP contribution in [0.3, 0.4) is 0 Å². The minimum atomic E-state index is -0.815. The van der Waals surface area contributed by atoms with Crippen molar-refractivity contribution in [1.82, 2.24) is 5.32 Å². The normalized spacial score (nSPS) is 10.7. The summed E-state index contributed by atoms with van der Waals surface area (Å²) >= 11 is 1.42. The largest absolute Gasteiger partial charge is 0.316 e. The molecule has 2 aromatic rings. The van der Waals surface area contributed by atoms with Crippen molar-refractivity contribution in [3.8, 4) is 0 Å². The lowest BCUT2D eigenvalue weighted by Crippen LogP contribution is -2.06. The van der Waals surface area contributed by atoms with Crippen molar-refractivity contribution in [2.24, 2.45) is 0 Å². The Balaban J connectivity index is 2.19. The lowest BCUT2D eigenvalue weighted by molar-refractivity contribution is 0.506. The molecule has 0 saturated heterocycles. The van der Waals surface area contributed by atoms with Crippen LogP contribution in [0.2, 0.25) is 0 Å². The number of hydrogen-bond acceptors (Lipinski definition) is 2. The summed E-state index contributed by atoms with van der Waals surface area (Å²) in [6.45, 7) is 2.87. The van der Waals surface area contributed by atoms with Gasteiger partial charge in [-0.05, 0) is 55.4 Å². The van der Waals surface area contributed by atoms with Gasteiger partial charge in [0, 0.05) is 16.3 Å². The van der Waals surface area contributed by atoms with Gasteiger partial charge >= 0.3 is 0 Å². The fraction of sp³-hybridized carbons (Fsp3) is 0.200. The van der Waals surface area contributed by atoms with E-state index in [0.717, 1.165) is 17.5 Å². The molecule has 0 aromatic heterocycles. The average molecular weight is 279 g/mol. The van der Waals surface area contributed by atoms with Gasteiger partial charge in [0.1, 0.15) is 0 Å². The molecular weight excluding hydrogens is 264 g/mol. The highest BCUT2D eigenvalue weighted by molar-refractivity contribution is 7.99. The smallest absolute Gasteiger partial charge is 0.159 e. The molecule has 0 amide bonds. The van der Waals surface area contributed by atoms with Crippen LogP contribution in [0.1, 0.15) is 11.1 Å². The molecule has 4 heteroatoms. The van der Waals surface area contributed by atoms with Crippen LogP contribution in [0.15, 0.2) is 46.2 Å². The zero-order valence-corrected chi connectivity index (χ0v) is 11.7. The third-order valence-corrected chi connectivity index (χ3v) is 3.79. The lowest BCUT2D eigenvalue weighted by atomic mass is 10.1. The molecule has 0 unspecified atom stereocenters. The first kappa shape index (κ1) is 14.0. The van der Waals surface area contributed by atoms with E-state index in [1.54, 1.807) is 6.07 Å². The Kier molecular flexibility index (Phi) is 4.56. The molecule has 0 atom stereocenters. The van der Waals surface area contributed by atoms with Gasteiger partial charge in [-0.2, -0.15) is 0 Å². The van der Waals surface area contributed by atoms with Gasteiger partial charge in [-0.15, -0.1) is 0 Å². The first-order chi connectivity index (χ1) is 9.10. The van der Waals surface area contributed by atoms with Crippen LogP contribution < -0.4 is 5.32 Å². The summed E-state index contributed by atoms with van der Waals surface area (Å²) in [4.78, 5) is 1.71. The number of halogens is 2. The Hall–Kier alpha value is -1.39.